The van der Waals surface area contributed by atoms with Crippen LogP contribution in [0.15, 0.2) is 66.9 Å². The topological polar surface area (TPSA) is 48.5 Å². The van der Waals surface area contributed by atoms with Crippen LogP contribution in [-0.4, -0.2) is 36.6 Å². The number of benzene rings is 2. The summed E-state index contributed by atoms with van der Waals surface area (Å²) in [5.41, 5.74) is 3.67. The Morgan fingerprint density at radius 3 is 2.60 bits per heavy atom. The maximum absolute atomic E-state index is 13.4. The first kappa shape index (κ1) is 23.2. The molecule has 2 aromatic carbocycles. The quantitative estimate of drug-likeness (QED) is 0.594. The van der Waals surface area contributed by atoms with Gasteiger partial charge in [0.1, 0.15) is 0 Å². The second-order valence-electron chi connectivity index (χ2n) is 9.23. The zero-order chi connectivity index (χ0) is 24.6. The molecule has 1 N–H and O–H groups in total. The van der Waals surface area contributed by atoms with Crippen LogP contribution in [0, 0.1) is 12.8 Å². The monoisotopic (exact) mass is 480 g/mol. The summed E-state index contributed by atoms with van der Waals surface area (Å²) in [5.74, 6) is -0.651. The summed E-state index contributed by atoms with van der Waals surface area (Å²) in [4.78, 5) is 22.0. The first-order valence-corrected chi connectivity index (χ1v) is 11.8. The fraction of sp³-hybridized carbons (Fsp3) is 0.333. The average Bonchev–Trinajstić information content (AvgIpc) is 2.86. The predicted octanol–water partition coefficient (Wildman–Crippen LogP) is 4.59. The van der Waals surface area contributed by atoms with Crippen LogP contribution < -0.4 is 15.1 Å². The van der Waals surface area contributed by atoms with E-state index >= 15 is 0 Å². The zero-order valence-electron chi connectivity index (χ0n) is 19.4. The molecule has 5 nitrogen and oxygen atoms in total. The molecular weight excluding hydrogens is 453 g/mol. The van der Waals surface area contributed by atoms with Gasteiger partial charge in [-0.15, -0.1) is 0 Å². The summed E-state index contributed by atoms with van der Waals surface area (Å²) >= 11 is 0. The van der Waals surface area contributed by atoms with E-state index in [9.17, 15) is 18.0 Å². The number of alkyl halides is 3. The minimum absolute atomic E-state index is 0.155. The second kappa shape index (κ2) is 9.24. The highest BCUT2D eigenvalue weighted by atomic mass is 19.4. The van der Waals surface area contributed by atoms with E-state index in [1.54, 1.807) is 18.3 Å². The van der Waals surface area contributed by atoms with E-state index < -0.39 is 17.7 Å². The number of halogens is 3. The predicted molar refractivity (Wildman–Crippen MR) is 129 cm³/mol. The maximum atomic E-state index is 13.4. The van der Waals surface area contributed by atoms with Crippen molar-refractivity contribution in [3.63, 3.8) is 0 Å². The number of anilines is 2. The third kappa shape index (κ3) is 4.83. The van der Waals surface area contributed by atoms with Crippen molar-refractivity contribution in [2.75, 3.05) is 29.4 Å². The lowest BCUT2D eigenvalue weighted by Crippen LogP contribution is -2.61. The van der Waals surface area contributed by atoms with Gasteiger partial charge in [-0.3, -0.25) is 9.78 Å². The first-order chi connectivity index (χ1) is 16.8. The molecule has 1 amide bonds. The van der Waals surface area contributed by atoms with Crippen LogP contribution in [0.2, 0.25) is 0 Å². The molecule has 0 radical (unpaired) electrons. The van der Waals surface area contributed by atoms with Crippen molar-refractivity contribution in [2.45, 2.75) is 32.1 Å². The SMILES string of the molecule is Cc1ccc(N2CCN3c4ccc(C(F)(F)F)cc4C[C@@H](C(=O)NCc4ccccn4)[C@@H]3C2)cc1. The summed E-state index contributed by atoms with van der Waals surface area (Å²) in [6, 6.07) is 17.5. The molecule has 1 fully saturated rings. The zero-order valence-corrected chi connectivity index (χ0v) is 19.4. The molecule has 8 heteroatoms. The Morgan fingerprint density at radius 1 is 1.09 bits per heavy atom. The lowest BCUT2D eigenvalue weighted by molar-refractivity contribution is -0.137. The summed E-state index contributed by atoms with van der Waals surface area (Å²) in [6.45, 7) is 4.28. The molecule has 0 unspecified atom stereocenters. The fourth-order valence-electron chi connectivity index (χ4n) is 5.10. The molecule has 0 aliphatic carbocycles. The molecule has 182 valence electrons. The van der Waals surface area contributed by atoms with E-state index in [2.05, 4.69) is 44.4 Å². The molecule has 2 atom stereocenters. The van der Waals surface area contributed by atoms with Gasteiger partial charge in [0.15, 0.2) is 0 Å². The van der Waals surface area contributed by atoms with Gasteiger partial charge in [0.25, 0.3) is 0 Å². The standard InChI is InChI=1S/C27H27F3N4O/c1-18-5-8-22(9-6-18)33-12-13-34-24-10-7-20(27(28,29)30)14-19(24)15-23(25(34)17-33)26(35)32-16-21-4-2-3-11-31-21/h2-11,14,23,25H,12-13,15-17H2,1H3,(H,32,35)/t23-,25+/m1/s1. The van der Waals surface area contributed by atoms with Crippen LogP contribution in [0.3, 0.4) is 0 Å². The lowest BCUT2D eigenvalue weighted by Gasteiger charge is -2.49. The number of piperazine rings is 1. The molecule has 2 aliphatic heterocycles. The number of carbonyl (C=O) groups excluding carboxylic acids is 1. The highest BCUT2D eigenvalue weighted by molar-refractivity contribution is 5.82. The van der Waals surface area contributed by atoms with Gasteiger partial charge in [0.2, 0.25) is 5.91 Å². The van der Waals surface area contributed by atoms with Crippen molar-refractivity contribution in [3.8, 4) is 0 Å². The Morgan fingerprint density at radius 2 is 1.89 bits per heavy atom. The van der Waals surface area contributed by atoms with Crippen LogP contribution in [0.5, 0.6) is 0 Å². The van der Waals surface area contributed by atoms with Gasteiger partial charge in [0.05, 0.1) is 29.8 Å². The maximum Gasteiger partial charge on any atom is 0.416 e. The number of hydrogen-bond acceptors (Lipinski definition) is 4. The van der Waals surface area contributed by atoms with E-state index in [4.69, 9.17) is 0 Å². The minimum Gasteiger partial charge on any atom is -0.368 e. The molecule has 0 spiro atoms. The molecule has 0 saturated carbocycles. The molecule has 5 rings (SSSR count). The normalized spacial score (nSPS) is 19.7. The number of aryl methyl sites for hydroxylation is 1. The number of amides is 1. The van der Waals surface area contributed by atoms with Crippen LogP contribution in [-0.2, 0) is 23.9 Å². The first-order valence-electron chi connectivity index (χ1n) is 11.8. The molecule has 1 saturated heterocycles. The van der Waals surface area contributed by atoms with Crippen LogP contribution in [0.25, 0.3) is 0 Å². The van der Waals surface area contributed by atoms with E-state index in [1.807, 2.05) is 19.1 Å². The smallest absolute Gasteiger partial charge is 0.368 e. The van der Waals surface area contributed by atoms with Crippen molar-refractivity contribution >= 4 is 17.3 Å². The number of carbonyl (C=O) groups is 1. The molecule has 3 aromatic rings. The van der Waals surface area contributed by atoms with Crippen molar-refractivity contribution < 1.29 is 18.0 Å². The Kier molecular flexibility index (Phi) is 6.13. The van der Waals surface area contributed by atoms with Crippen LogP contribution >= 0.6 is 0 Å². The van der Waals surface area contributed by atoms with Gasteiger partial charge >= 0.3 is 6.18 Å². The third-order valence-electron chi connectivity index (χ3n) is 6.94. The number of fused-ring (bicyclic) bond motifs is 3. The Bertz CT molecular complexity index is 1200. The number of hydrogen-bond donors (Lipinski definition) is 1. The molecule has 35 heavy (non-hydrogen) atoms. The van der Waals surface area contributed by atoms with Gasteiger partial charge in [-0.1, -0.05) is 23.8 Å². The molecule has 2 aliphatic rings. The molecule has 0 bridgehead atoms. The Labute approximate surface area is 202 Å². The lowest BCUT2D eigenvalue weighted by atomic mass is 9.82. The van der Waals surface area contributed by atoms with E-state index in [0.717, 1.165) is 29.7 Å². The van der Waals surface area contributed by atoms with Gasteiger partial charge in [0, 0.05) is 37.2 Å². The second-order valence-corrected chi connectivity index (χ2v) is 9.23. The summed E-state index contributed by atoms with van der Waals surface area (Å²) in [7, 11) is 0. The molecule has 3 heterocycles. The third-order valence-corrected chi connectivity index (χ3v) is 6.94. The van der Waals surface area contributed by atoms with Gasteiger partial charge in [-0.25, -0.2) is 0 Å². The molecule has 1 aromatic heterocycles. The highest BCUT2D eigenvalue weighted by Gasteiger charge is 2.42. The van der Waals surface area contributed by atoms with Crippen LogP contribution in [0.4, 0.5) is 24.5 Å². The van der Waals surface area contributed by atoms with Gasteiger partial charge in [-0.05, 0) is 61.4 Å². The van der Waals surface area contributed by atoms with Crippen molar-refractivity contribution in [1.29, 1.82) is 0 Å². The van der Waals surface area contributed by atoms with E-state index in [0.29, 0.717) is 18.7 Å². The van der Waals surface area contributed by atoms with E-state index in [-0.39, 0.29) is 24.9 Å². The van der Waals surface area contributed by atoms with Crippen molar-refractivity contribution in [3.05, 3.63) is 89.2 Å². The summed E-state index contributed by atoms with van der Waals surface area (Å²) < 4.78 is 40.2. The number of nitrogens with zero attached hydrogens (tertiary/aromatic N) is 3. The van der Waals surface area contributed by atoms with Gasteiger partial charge in [-0.2, -0.15) is 13.2 Å². The van der Waals surface area contributed by atoms with Crippen molar-refractivity contribution in [1.82, 2.24) is 10.3 Å². The average molecular weight is 481 g/mol. The summed E-state index contributed by atoms with van der Waals surface area (Å²) in [5, 5.41) is 2.97. The number of aromatic nitrogens is 1. The number of nitrogens with one attached hydrogen (secondary N) is 1. The number of rotatable bonds is 4. The minimum atomic E-state index is -4.42. The van der Waals surface area contributed by atoms with E-state index in [1.165, 1.54) is 11.6 Å². The Balaban J connectivity index is 1.44. The molecular formula is C27H27F3N4O. The van der Waals surface area contributed by atoms with Crippen molar-refractivity contribution in [2.24, 2.45) is 5.92 Å². The largest absolute Gasteiger partial charge is 0.416 e. The number of pyridine rings is 1. The summed E-state index contributed by atoms with van der Waals surface area (Å²) in [6.07, 6.45) is -2.50. The van der Waals surface area contributed by atoms with Crippen LogP contribution in [0.1, 0.15) is 22.4 Å². The fourth-order valence-corrected chi connectivity index (χ4v) is 5.10. The van der Waals surface area contributed by atoms with Gasteiger partial charge < -0.3 is 15.1 Å². The highest BCUT2D eigenvalue weighted by Crippen LogP contribution is 2.40. The Hall–Kier alpha value is -3.55.